The quantitative estimate of drug-likeness (QED) is 0.791. The molecule has 0 aliphatic carbocycles. The fraction of sp³-hybridized carbons (Fsp3) is 0.353. The minimum atomic E-state index is -3.59. The highest BCUT2D eigenvalue weighted by molar-refractivity contribution is 7.89. The first-order valence-corrected chi connectivity index (χ1v) is 9.51. The molecule has 1 aliphatic rings. The molecule has 0 bridgehead atoms. The van der Waals surface area contributed by atoms with E-state index in [0.29, 0.717) is 44.2 Å². The Morgan fingerprint density at radius 1 is 1.15 bits per heavy atom. The first-order chi connectivity index (χ1) is 12.4. The zero-order valence-corrected chi connectivity index (χ0v) is 15.0. The molecule has 0 atom stereocenters. The molecule has 0 radical (unpaired) electrons. The first kappa shape index (κ1) is 18.7. The van der Waals surface area contributed by atoms with Crippen molar-refractivity contribution < 1.29 is 21.9 Å². The Kier molecular flexibility index (Phi) is 5.49. The molecule has 1 aliphatic heterocycles. The lowest BCUT2D eigenvalue weighted by Gasteiger charge is -2.26. The van der Waals surface area contributed by atoms with Gasteiger partial charge in [0.05, 0.1) is 13.2 Å². The smallest absolute Gasteiger partial charge is 0.244 e. The topological polar surface area (TPSA) is 62.7 Å². The summed E-state index contributed by atoms with van der Waals surface area (Å²) < 4.78 is 58.0. The van der Waals surface area contributed by atoms with Crippen molar-refractivity contribution in [2.75, 3.05) is 38.3 Å². The van der Waals surface area contributed by atoms with E-state index in [-0.39, 0.29) is 4.90 Å². The Labute approximate surface area is 151 Å². The number of hydrogen-bond donors (Lipinski definition) is 0. The van der Waals surface area contributed by atoms with Gasteiger partial charge in [0.15, 0.2) is 11.6 Å². The molecule has 0 N–H and O–H groups in total. The number of ether oxygens (including phenoxy) is 1. The summed E-state index contributed by atoms with van der Waals surface area (Å²) in [7, 11) is -1.86. The first-order valence-electron chi connectivity index (χ1n) is 8.07. The van der Waals surface area contributed by atoms with E-state index in [4.69, 9.17) is 4.74 Å². The molecule has 2 heterocycles. The van der Waals surface area contributed by atoms with Gasteiger partial charge in [-0.25, -0.2) is 22.2 Å². The summed E-state index contributed by atoms with van der Waals surface area (Å²) in [5.74, 6) is -1.28. The highest BCUT2D eigenvalue weighted by Gasteiger charge is 2.26. The zero-order valence-electron chi connectivity index (χ0n) is 14.2. The highest BCUT2D eigenvalue weighted by atomic mass is 32.2. The standard InChI is InChI=1S/C17H19F2N3O3S/c1-21(12-13-2-4-15(18)16(19)10-13)17-5-3-14(11-20-17)26(23,24)22-6-8-25-9-7-22/h2-5,10-11H,6-9,12H2,1H3. The Bertz CT molecular complexity index is 869. The van der Waals surface area contributed by atoms with Crippen LogP contribution in [-0.2, 0) is 21.3 Å². The lowest BCUT2D eigenvalue weighted by molar-refractivity contribution is 0.0730. The van der Waals surface area contributed by atoms with Gasteiger partial charge >= 0.3 is 0 Å². The fourth-order valence-corrected chi connectivity index (χ4v) is 4.03. The van der Waals surface area contributed by atoms with Crippen LogP contribution < -0.4 is 4.90 Å². The number of rotatable bonds is 5. The van der Waals surface area contributed by atoms with Gasteiger partial charge in [0.2, 0.25) is 10.0 Å². The summed E-state index contributed by atoms with van der Waals surface area (Å²) in [5, 5.41) is 0. The Balaban J connectivity index is 1.73. The van der Waals surface area contributed by atoms with Crippen LogP contribution in [0.25, 0.3) is 0 Å². The summed E-state index contributed by atoms with van der Waals surface area (Å²) >= 11 is 0. The van der Waals surface area contributed by atoms with Crippen LogP contribution in [0, 0.1) is 11.6 Å². The van der Waals surface area contributed by atoms with Crippen molar-refractivity contribution in [1.29, 1.82) is 0 Å². The van der Waals surface area contributed by atoms with E-state index in [1.165, 1.54) is 22.6 Å². The van der Waals surface area contributed by atoms with E-state index < -0.39 is 21.7 Å². The third kappa shape index (κ3) is 4.00. The average Bonchev–Trinajstić information content (AvgIpc) is 2.65. The molecule has 6 nitrogen and oxygen atoms in total. The van der Waals surface area contributed by atoms with Crippen LogP contribution >= 0.6 is 0 Å². The largest absolute Gasteiger partial charge is 0.379 e. The molecule has 0 amide bonds. The lowest BCUT2D eigenvalue weighted by atomic mass is 10.2. The van der Waals surface area contributed by atoms with Gasteiger partial charge in [-0.15, -0.1) is 0 Å². The van der Waals surface area contributed by atoms with Gasteiger partial charge in [0, 0.05) is 32.9 Å². The van der Waals surface area contributed by atoms with Crippen LogP contribution in [0.5, 0.6) is 0 Å². The van der Waals surface area contributed by atoms with Crippen LogP contribution in [0.2, 0.25) is 0 Å². The SMILES string of the molecule is CN(Cc1ccc(F)c(F)c1)c1ccc(S(=O)(=O)N2CCOCC2)cn1. The number of hydrogen-bond acceptors (Lipinski definition) is 5. The number of anilines is 1. The molecule has 0 saturated carbocycles. The maximum absolute atomic E-state index is 13.3. The maximum atomic E-state index is 13.3. The van der Waals surface area contributed by atoms with Gasteiger partial charge < -0.3 is 9.64 Å². The number of benzene rings is 1. The average molecular weight is 383 g/mol. The molecule has 0 spiro atoms. The van der Waals surface area contributed by atoms with E-state index in [1.807, 2.05) is 0 Å². The van der Waals surface area contributed by atoms with Gasteiger partial charge in [0.1, 0.15) is 10.7 Å². The van der Waals surface area contributed by atoms with Crippen LogP contribution in [-0.4, -0.2) is 51.1 Å². The Morgan fingerprint density at radius 2 is 1.88 bits per heavy atom. The highest BCUT2D eigenvalue weighted by Crippen LogP contribution is 2.20. The van der Waals surface area contributed by atoms with Crippen molar-refractivity contribution in [3.63, 3.8) is 0 Å². The second-order valence-corrected chi connectivity index (χ2v) is 7.91. The second-order valence-electron chi connectivity index (χ2n) is 5.97. The van der Waals surface area contributed by atoms with Gasteiger partial charge in [-0.1, -0.05) is 6.07 Å². The van der Waals surface area contributed by atoms with E-state index in [9.17, 15) is 17.2 Å². The Hall–Kier alpha value is -2.10. The van der Waals surface area contributed by atoms with Crippen molar-refractivity contribution >= 4 is 15.8 Å². The number of morpholine rings is 1. The van der Waals surface area contributed by atoms with Crippen LogP contribution in [0.15, 0.2) is 41.4 Å². The van der Waals surface area contributed by atoms with Crippen LogP contribution in [0.3, 0.4) is 0 Å². The minimum Gasteiger partial charge on any atom is -0.379 e. The predicted molar refractivity (Wildman–Crippen MR) is 92.3 cm³/mol. The zero-order chi connectivity index (χ0) is 18.7. The third-order valence-electron chi connectivity index (χ3n) is 4.12. The van der Waals surface area contributed by atoms with Gasteiger partial charge in [-0.2, -0.15) is 4.31 Å². The van der Waals surface area contributed by atoms with Crippen molar-refractivity contribution in [2.24, 2.45) is 0 Å². The lowest BCUT2D eigenvalue weighted by Crippen LogP contribution is -2.40. The monoisotopic (exact) mass is 383 g/mol. The van der Waals surface area contributed by atoms with E-state index in [1.54, 1.807) is 18.0 Å². The number of halogens is 2. The van der Waals surface area contributed by atoms with E-state index in [2.05, 4.69) is 4.98 Å². The minimum absolute atomic E-state index is 0.115. The predicted octanol–water partition coefficient (Wildman–Crippen LogP) is 2.02. The molecule has 1 aromatic heterocycles. The number of pyridine rings is 1. The van der Waals surface area contributed by atoms with Crippen molar-refractivity contribution in [3.05, 3.63) is 53.7 Å². The summed E-state index contributed by atoms with van der Waals surface area (Å²) in [6.45, 7) is 1.70. The molecule has 140 valence electrons. The molecule has 0 unspecified atom stereocenters. The summed E-state index contributed by atoms with van der Waals surface area (Å²) in [6.07, 6.45) is 1.31. The molecular formula is C17H19F2N3O3S. The summed E-state index contributed by atoms with van der Waals surface area (Å²) in [4.78, 5) is 6.03. The van der Waals surface area contributed by atoms with Gasteiger partial charge in [-0.3, -0.25) is 0 Å². The third-order valence-corrected chi connectivity index (χ3v) is 6.01. The Morgan fingerprint density at radius 3 is 2.50 bits per heavy atom. The molecule has 3 rings (SSSR count). The molecule has 26 heavy (non-hydrogen) atoms. The molecule has 9 heteroatoms. The molecule has 1 fully saturated rings. The fourth-order valence-electron chi connectivity index (χ4n) is 2.68. The summed E-state index contributed by atoms with van der Waals surface area (Å²) in [6, 6.07) is 6.78. The number of aromatic nitrogens is 1. The van der Waals surface area contributed by atoms with Crippen LogP contribution in [0.1, 0.15) is 5.56 Å². The molecular weight excluding hydrogens is 364 g/mol. The molecule has 1 saturated heterocycles. The summed E-state index contributed by atoms with van der Waals surface area (Å²) in [5.41, 5.74) is 0.582. The maximum Gasteiger partial charge on any atom is 0.244 e. The number of nitrogens with zero attached hydrogens (tertiary/aromatic N) is 3. The number of sulfonamides is 1. The van der Waals surface area contributed by atoms with E-state index >= 15 is 0 Å². The van der Waals surface area contributed by atoms with Crippen molar-refractivity contribution in [3.8, 4) is 0 Å². The van der Waals surface area contributed by atoms with Gasteiger partial charge in [-0.05, 0) is 29.8 Å². The van der Waals surface area contributed by atoms with Crippen LogP contribution in [0.4, 0.5) is 14.6 Å². The van der Waals surface area contributed by atoms with Crippen molar-refractivity contribution in [2.45, 2.75) is 11.4 Å². The second kappa shape index (κ2) is 7.65. The van der Waals surface area contributed by atoms with Gasteiger partial charge in [0.25, 0.3) is 0 Å². The normalized spacial score (nSPS) is 15.8. The molecule has 1 aromatic carbocycles. The van der Waals surface area contributed by atoms with E-state index in [0.717, 1.165) is 12.1 Å². The molecule has 2 aromatic rings. The van der Waals surface area contributed by atoms with Crippen molar-refractivity contribution in [1.82, 2.24) is 9.29 Å².